The number of benzene rings is 1. The van der Waals surface area contributed by atoms with Gasteiger partial charge in [-0.1, -0.05) is 25.1 Å². The van der Waals surface area contributed by atoms with Crippen molar-refractivity contribution in [3.05, 3.63) is 60.6 Å². The molecule has 1 fully saturated rings. The van der Waals surface area contributed by atoms with Crippen molar-refractivity contribution >= 4 is 5.91 Å². The van der Waals surface area contributed by atoms with E-state index in [9.17, 15) is 4.79 Å². The topological polar surface area (TPSA) is 59.2 Å². The van der Waals surface area contributed by atoms with Crippen LogP contribution in [-0.4, -0.2) is 33.9 Å². The first kappa shape index (κ1) is 16.5. The van der Waals surface area contributed by atoms with Gasteiger partial charge in [0.2, 0.25) is 5.89 Å². The number of hydrogen-bond acceptors (Lipinski definition) is 4. The molecule has 0 unspecified atom stereocenters. The molecule has 2 aromatic heterocycles. The van der Waals surface area contributed by atoms with Gasteiger partial charge >= 0.3 is 0 Å². The third-order valence-electron chi connectivity index (χ3n) is 4.86. The van der Waals surface area contributed by atoms with E-state index in [-0.39, 0.29) is 5.91 Å². The van der Waals surface area contributed by atoms with Crippen LogP contribution in [0.15, 0.2) is 59.3 Å². The molecule has 1 aromatic carbocycles. The Morgan fingerprint density at radius 3 is 2.42 bits per heavy atom. The van der Waals surface area contributed by atoms with Crippen LogP contribution in [0.3, 0.4) is 0 Å². The van der Waals surface area contributed by atoms with Crippen molar-refractivity contribution < 1.29 is 9.21 Å². The van der Waals surface area contributed by atoms with Gasteiger partial charge in [-0.05, 0) is 43.0 Å². The standard InChI is InChI=1S/C21H21N3O2/c1-15-9-13-24(14-10-15)21(25)18-19(16-7-11-22-12-8-16)26-20(23-18)17-5-3-2-4-6-17/h2-8,11-12,15H,9-10,13-14H2,1H3. The zero-order chi connectivity index (χ0) is 17.9. The first-order valence-electron chi connectivity index (χ1n) is 8.98. The van der Waals surface area contributed by atoms with E-state index in [0.29, 0.717) is 23.3 Å². The lowest BCUT2D eigenvalue weighted by molar-refractivity contribution is 0.0692. The van der Waals surface area contributed by atoms with Gasteiger partial charge in [0.25, 0.3) is 5.91 Å². The van der Waals surface area contributed by atoms with E-state index in [2.05, 4.69) is 16.9 Å². The van der Waals surface area contributed by atoms with E-state index < -0.39 is 0 Å². The summed E-state index contributed by atoms with van der Waals surface area (Å²) in [6.07, 6.45) is 5.44. The van der Waals surface area contributed by atoms with Crippen molar-refractivity contribution in [1.82, 2.24) is 14.9 Å². The summed E-state index contributed by atoms with van der Waals surface area (Å²) in [6, 6.07) is 13.3. The number of oxazole rings is 1. The van der Waals surface area contributed by atoms with Crippen LogP contribution in [0.5, 0.6) is 0 Å². The number of piperidine rings is 1. The van der Waals surface area contributed by atoms with Crippen molar-refractivity contribution in [3.8, 4) is 22.8 Å². The Hall–Kier alpha value is -2.95. The van der Waals surface area contributed by atoms with Crippen molar-refractivity contribution in [2.45, 2.75) is 19.8 Å². The number of amides is 1. The highest BCUT2D eigenvalue weighted by Crippen LogP contribution is 2.31. The second kappa shape index (κ2) is 7.12. The number of nitrogens with zero attached hydrogens (tertiary/aromatic N) is 3. The molecule has 26 heavy (non-hydrogen) atoms. The highest BCUT2D eigenvalue weighted by Gasteiger charge is 2.28. The molecular formula is C21H21N3O2. The zero-order valence-electron chi connectivity index (χ0n) is 14.8. The molecule has 0 radical (unpaired) electrons. The first-order valence-corrected chi connectivity index (χ1v) is 8.98. The number of carbonyl (C=O) groups is 1. The van der Waals surface area contributed by atoms with Gasteiger partial charge < -0.3 is 9.32 Å². The molecular weight excluding hydrogens is 326 g/mol. The molecule has 1 saturated heterocycles. The number of carbonyl (C=O) groups excluding carboxylic acids is 1. The summed E-state index contributed by atoms with van der Waals surface area (Å²) in [5, 5.41) is 0. The quantitative estimate of drug-likeness (QED) is 0.710. The fraction of sp³-hybridized carbons (Fsp3) is 0.286. The molecule has 0 saturated carbocycles. The van der Waals surface area contributed by atoms with Gasteiger partial charge in [-0.15, -0.1) is 0 Å². The van der Waals surface area contributed by atoms with Gasteiger partial charge in [-0.3, -0.25) is 9.78 Å². The average molecular weight is 347 g/mol. The van der Waals surface area contributed by atoms with Crippen LogP contribution in [0.1, 0.15) is 30.3 Å². The van der Waals surface area contributed by atoms with Crippen LogP contribution in [-0.2, 0) is 0 Å². The van der Waals surface area contributed by atoms with Gasteiger partial charge in [-0.2, -0.15) is 0 Å². The number of likely N-dealkylation sites (tertiary alicyclic amines) is 1. The average Bonchev–Trinajstić information content (AvgIpc) is 3.15. The van der Waals surface area contributed by atoms with Gasteiger partial charge in [-0.25, -0.2) is 4.98 Å². The maximum absolute atomic E-state index is 13.1. The molecule has 4 rings (SSSR count). The summed E-state index contributed by atoms with van der Waals surface area (Å²) in [5.41, 5.74) is 2.04. The van der Waals surface area contributed by atoms with E-state index in [1.54, 1.807) is 12.4 Å². The molecule has 0 N–H and O–H groups in total. The highest BCUT2D eigenvalue weighted by molar-refractivity contribution is 5.98. The lowest BCUT2D eigenvalue weighted by Gasteiger charge is -2.29. The lowest BCUT2D eigenvalue weighted by Crippen LogP contribution is -2.38. The molecule has 3 heterocycles. The largest absolute Gasteiger partial charge is 0.435 e. The van der Waals surface area contributed by atoms with Gasteiger partial charge in [0.15, 0.2) is 11.5 Å². The molecule has 1 aliphatic heterocycles. The maximum atomic E-state index is 13.1. The Balaban J connectivity index is 1.74. The molecule has 132 valence electrons. The monoisotopic (exact) mass is 347 g/mol. The van der Waals surface area contributed by atoms with Crippen molar-refractivity contribution in [3.63, 3.8) is 0 Å². The molecule has 1 aliphatic rings. The minimum Gasteiger partial charge on any atom is -0.435 e. The van der Waals surface area contributed by atoms with Gasteiger partial charge in [0.05, 0.1) is 0 Å². The minimum atomic E-state index is -0.0605. The Morgan fingerprint density at radius 2 is 1.73 bits per heavy atom. The second-order valence-corrected chi connectivity index (χ2v) is 6.77. The van der Waals surface area contributed by atoms with Gasteiger partial charge in [0.1, 0.15) is 0 Å². The normalized spacial score (nSPS) is 15.2. The van der Waals surface area contributed by atoms with E-state index in [1.165, 1.54) is 0 Å². The van der Waals surface area contributed by atoms with E-state index in [4.69, 9.17) is 4.42 Å². The first-order chi connectivity index (χ1) is 12.7. The Labute approximate surface area is 152 Å². The molecule has 3 aromatic rings. The smallest absolute Gasteiger partial charge is 0.276 e. The Bertz CT molecular complexity index is 882. The van der Waals surface area contributed by atoms with E-state index >= 15 is 0 Å². The fourth-order valence-corrected chi connectivity index (χ4v) is 3.23. The second-order valence-electron chi connectivity index (χ2n) is 6.77. The van der Waals surface area contributed by atoms with Crippen LogP contribution >= 0.6 is 0 Å². The number of hydrogen-bond donors (Lipinski definition) is 0. The molecule has 0 bridgehead atoms. The zero-order valence-corrected chi connectivity index (χ0v) is 14.8. The van der Waals surface area contributed by atoms with Gasteiger partial charge in [0, 0.05) is 36.6 Å². The van der Waals surface area contributed by atoms with Crippen molar-refractivity contribution in [2.24, 2.45) is 5.92 Å². The molecule has 1 amide bonds. The summed E-state index contributed by atoms with van der Waals surface area (Å²) < 4.78 is 6.03. The summed E-state index contributed by atoms with van der Waals surface area (Å²) in [5.74, 6) is 1.58. The van der Waals surface area contributed by atoms with Crippen molar-refractivity contribution in [2.75, 3.05) is 13.1 Å². The molecule has 0 spiro atoms. The molecule has 0 aliphatic carbocycles. The summed E-state index contributed by atoms with van der Waals surface area (Å²) in [4.78, 5) is 23.6. The molecule has 0 atom stereocenters. The molecule has 5 heteroatoms. The van der Waals surface area contributed by atoms with E-state index in [1.807, 2.05) is 47.4 Å². The number of aromatic nitrogens is 2. The SMILES string of the molecule is CC1CCN(C(=O)c2nc(-c3ccccc3)oc2-c2ccncc2)CC1. The lowest BCUT2D eigenvalue weighted by atomic mass is 9.99. The predicted octanol–water partition coefficient (Wildman–Crippen LogP) is 4.28. The van der Waals surface area contributed by atoms with Crippen LogP contribution in [0.25, 0.3) is 22.8 Å². The fourth-order valence-electron chi connectivity index (χ4n) is 3.23. The Kier molecular flexibility index (Phi) is 4.52. The summed E-state index contributed by atoms with van der Waals surface area (Å²) in [7, 11) is 0. The highest BCUT2D eigenvalue weighted by atomic mass is 16.4. The Morgan fingerprint density at radius 1 is 1.04 bits per heavy atom. The van der Waals surface area contributed by atoms with Crippen LogP contribution < -0.4 is 0 Å². The van der Waals surface area contributed by atoms with Crippen LogP contribution in [0, 0.1) is 5.92 Å². The third-order valence-corrected chi connectivity index (χ3v) is 4.86. The third kappa shape index (κ3) is 3.25. The van der Waals surface area contributed by atoms with Crippen molar-refractivity contribution in [1.29, 1.82) is 0 Å². The number of pyridine rings is 1. The number of rotatable bonds is 3. The van der Waals surface area contributed by atoms with Crippen LogP contribution in [0.4, 0.5) is 0 Å². The summed E-state index contributed by atoms with van der Waals surface area (Å²) in [6.45, 7) is 3.76. The summed E-state index contributed by atoms with van der Waals surface area (Å²) >= 11 is 0. The minimum absolute atomic E-state index is 0.0605. The van der Waals surface area contributed by atoms with Crippen LogP contribution in [0.2, 0.25) is 0 Å². The van der Waals surface area contributed by atoms with E-state index in [0.717, 1.165) is 37.1 Å². The maximum Gasteiger partial charge on any atom is 0.276 e. The molecule has 5 nitrogen and oxygen atoms in total. The predicted molar refractivity (Wildman–Crippen MR) is 99.5 cm³/mol.